The summed E-state index contributed by atoms with van der Waals surface area (Å²) in [6.45, 7) is 2.20. The Hall–Kier alpha value is -2.49. The maximum Gasteiger partial charge on any atom is 0.251 e. The van der Waals surface area contributed by atoms with Crippen molar-refractivity contribution in [2.75, 3.05) is 17.6 Å². The van der Waals surface area contributed by atoms with E-state index in [9.17, 15) is 4.79 Å². The zero-order valence-electron chi connectivity index (χ0n) is 18.3. The van der Waals surface area contributed by atoms with Crippen molar-refractivity contribution in [1.29, 1.82) is 0 Å². The number of alkyl halides is 1. The van der Waals surface area contributed by atoms with Gasteiger partial charge in [-0.15, -0.1) is 11.3 Å². The minimum Gasteiger partial charge on any atom is -0.474 e. The molecule has 4 aromatic rings. The number of benzene rings is 2. The molecule has 4 rings (SSSR count). The summed E-state index contributed by atoms with van der Waals surface area (Å²) >= 11 is 4.07. The fourth-order valence-electron chi connectivity index (χ4n) is 3.55. The molecule has 0 aliphatic carbocycles. The van der Waals surface area contributed by atoms with Crippen LogP contribution >= 0.6 is 33.9 Å². The van der Waals surface area contributed by atoms with E-state index in [1.165, 1.54) is 15.0 Å². The van der Waals surface area contributed by atoms with E-state index in [2.05, 4.69) is 63.2 Å². The van der Waals surface area contributed by atoms with Crippen LogP contribution in [0.2, 0.25) is 0 Å². The summed E-state index contributed by atoms with van der Waals surface area (Å²) < 4.78 is 7.89. The van der Waals surface area contributed by atoms with Gasteiger partial charge < -0.3 is 15.2 Å². The number of nitrogens with zero attached hydrogens (tertiary/aromatic N) is 1. The summed E-state index contributed by atoms with van der Waals surface area (Å²) in [4.78, 5) is 18.0. The fourth-order valence-corrected chi connectivity index (χ4v) is 4.96. The van der Waals surface area contributed by atoms with Crippen molar-refractivity contribution in [1.82, 2.24) is 10.3 Å². The number of amides is 1. The Morgan fingerprint density at radius 1 is 1.18 bits per heavy atom. The van der Waals surface area contributed by atoms with E-state index in [1.54, 1.807) is 17.4 Å². The van der Waals surface area contributed by atoms with E-state index >= 15 is 0 Å². The van der Waals surface area contributed by atoms with Crippen molar-refractivity contribution >= 4 is 49.9 Å². The van der Waals surface area contributed by atoms with E-state index < -0.39 is 0 Å². The summed E-state index contributed by atoms with van der Waals surface area (Å²) in [5.74, 6) is 0.474. The molecule has 1 unspecified atom stereocenters. The van der Waals surface area contributed by atoms with Crippen LogP contribution in [0.3, 0.4) is 0 Å². The quantitative estimate of drug-likeness (QED) is 0.206. The number of aromatic nitrogens is 1. The van der Waals surface area contributed by atoms with Gasteiger partial charge in [-0.3, -0.25) is 4.79 Å². The van der Waals surface area contributed by atoms with Gasteiger partial charge in [0.25, 0.3) is 5.91 Å². The number of aliphatic hydroxyl groups excluding tert-OH is 1. The van der Waals surface area contributed by atoms with Crippen LogP contribution in [0.5, 0.6) is 5.88 Å². The molecule has 0 saturated carbocycles. The van der Waals surface area contributed by atoms with Gasteiger partial charge in [-0.05, 0) is 47.2 Å². The molecule has 0 radical (unpaired) electrons. The molecule has 2 N–H and O–H groups in total. The van der Waals surface area contributed by atoms with Crippen molar-refractivity contribution in [2.24, 2.45) is 0 Å². The number of thiophene rings is 1. The SMILES string of the molecule is CC(CI)Oc1ccc(Cc2cc3cccc(-c4cccc(C(=O)NCCO)c4)c3s2)cn1. The second-order valence-electron chi connectivity index (χ2n) is 7.76. The summed E-state index contributed by atoms with van der Waals surface area (Å²) in [6, 6.07) is 20.1. The number of pyridine rings is 1. The lowest BCUT2D eigenvalue weighted by atomic mass is 10.0. The molecule has 0 aliphatic rings. The maximum absolute atomic E-state index is 12.3. The van der Waals surface area contributed by atoms with Gasteiger partial charge in [0, 0.05) is 44.8 Å². The molecule has 0 aliphatic heterocycles. The molecular formula is C26H25IN2O3S. The number of nitrogens with one attached hydrogen (secondary N) is 1. The van der Waals surface area contributed by atoms with E-state index in [1.807, 2.05) is 37.4 Å². The number of fused-ring (bicyclic) bond motifs is 1. The summed E-state index contributed by atoms with van der Waals surface area (Å²) in [5, 5.41) is 12.9. The second-order valence-corrected chi connectivity index (χ2v) is 9.78. The van der Waals surface area contributed by atoms with Gasteiger partial charge in [0.15, 0.2) is 0 Å². The third-order valence-corrected chi connectivity index (χ3v) is 7.57. The first-order valence-corrected chi connectivity index (χ1v) is 13.1. The number of rotatable bonds is 9. The molecule has 0 fully saturated rings. The van der Waals surface area contributed by atoms with Crippen molar-refractivity contribution in [3.63, 3.8) is 0 Å². The normalized spacial score (nSPS) is 12.0. The lowest BCUT2D eigenvalue weighted by Crippen LogP contribution is -2.26. The predicted molar refractivity (Wildman–Crippen MR) is 143 cm³/mol. The van der Waals surface area contributed by atoms with Crippen LogP contribution in [0, 0.1) is 0 Å². The van der Waals surface area contributed by atoms with Crippen molar-refractivity contribution in [2.45, 2.75) is 19.4 Å². The number of ether oxygens (including phenoxy) is 1. The molecule has 0 saturated heterocycles. The standard InChI is InChI=1S/C26H25IN2O3S/c1-17(15-27)32-24-9-8-18(16-29-24)12-22-14-20-5-3-7-23(25(20)33-22)19-4-2-6-21(13-19)26(31)28-10-11-30/h2-9,13-14,16-17,30H,10-12,15H2,1H3,(H,28,31). The maximum atomic E-state index is 12.3. The van der Waals surface area contributed by atoms with Gasteiger partial charge in [0.2, 0.25) is 5.88 Å². The van der Waals surface area contributed by atoms with Crippen molar-refractivity contribution < 1.29 is 14.6 Å². The van der Waals surface area contributed by atoms with Gasteiger partial charge in [-0.25, -0.2) is 4.98 Å². The molecule has 5 nitrogen and oxygen atoms in total. The number of carbonyl (C=O) groups is 1. The molecule has 2 aromatic heterocycles. The Morgan fingerprint density at radius 2 is 2.03 bits per heavy atom. The van der Waals surface area contributed by atoms with Crippen LogP contribution in [0.1, 0.15) is 27.7 Å². The highest BCUT2D eigenvalue weighted by molar-refractivity contribution is 14.1. The first-order valence-electron chi connectivity index (χ1n) is 10.8. The Labute approximate surface area is 211 Å². The van der Waals surface area contributed by atoms with Gasteiger partial charge in [-0.2, -0.15) is 0 Å². The molecule has 0 spiro atoms. The summed E-state index contributed by atoms with van der Waals surface area (Å²) in [5.41, 5.74) is 3.83. The largest absolute Gasteiger partial charge is 0.474 e. The topological polar surface area (TPSA) is 71.5 Å². The van der Waals surface area contributed by atoms with Crippen LogP contribution < -0.4 is 10.1 Å². The molecule has 1 atom stereocenters. The van der Waals surface area contributed by atoms with Crippen LogP contribution in [0.25, 0.3) is 21.2 Å². The highest BCUT2D eigenvalue weighted by atomic mass is 127. The molecule has 7 heteroatoms. The third-order valence-electron chi connectivity index (χ3n) is 5.14. The molecule has 1 amide bonds. The van der Waals surface area contributed by atoms with Gasteiger partial charge in [-0.1, -0.05) is 59.0 Å². The van der Waals surface area contributed by atoms with E-state index in [0.717, 1.165) is 27.5 Å². The fraction of sp³-hybridized carbons (Fsp3) is 0.231. The zero-order valence-corrected chi connectivity index (χ0v) is 21.2. The minimum absolute atomic E-state index is 0.0778. The Bertz CT molecular complexity index is 1240. The third kappa shape index (κ3) is 5.90. The van der Waals surface area contributed by atoms with Crippen LogP contribution in [0.15, 0.2) is 66.9 Å². The molecule has 2 heterocycles. The summed E-state index contributed by atoms with van der Waals surface area (Å²) in [7, 11) is 0. The average molecular weight is 572 g/mol. The molecular weight excluding hydrogens is 547 g/mol. The number of hydrogen-bond donors (Lipinski definition) is 2. The van der Waals surface area contributed by atoms with Gasteiger partial charge in [0.05, 0.1) is 6.61 Å². The Morgan fingerprint density at radius 3 is 2.79 bits per heavy atom. The summed E-state index contributed by atoms with van der Waals surface area (Å²) in [6.07, 6.45) is 2.83. The molecule has 0 bridgehead atoms. The van der Waals surface area contributed by atoms with Crippen LogP contribution in [-0.2, 0) is 6.42 Å². The highest BCUT2D eigenvalue weighted by Gasteiger charge is 2.12. The van der Waals surface area contributed by atoms with E-state index in [4.69, 9.17) is 9.84 Å². The van der Waals surface area contributed by atoms with Gasteiger partial charge in [0.1, 0.15) is 6.10 Å². The van der Waals surface area contributed by atoms with E-state index in [-0.39, 0.29) is 25.2 Å². The first kappa shape index (κ1) is 23.7. The van der Waals surface area contributed by atoms with Crippen molar-refractivity contribution in [3.05, 3.63) is 82.9 Å². The monoisotopic (exact) mass is 572 g/mol. The van der Waals surface area contributed by atoms with Crippen LogP contribution in [-0.4, -0.2) is 39.7 Å². The van der Waals surface area contributed by atoms with Crippen LogP contribution in [0.4, 0.5) is 0 Å². The number of halogens is 1. The van der Waals surface area contributed by atoms with Crippen molar-refractivity contribution in [3.8, 4) is 17.0 Å². The van der Waals surface area contributed by atoms with Gasteiger partial charge >= 0.3 is 0 Å². The number of carbonyl (C=O) groups excluding carboxylic acids is 1. The lowest BCUT2D eigenvalue weighted by Gasteiger charge is -2.10. The lowest BCUT2D eigenvalue weighted by molar-refractivity contribution is 0.0945. The predicted octanol–water partition coefficient (Wildman–Crippen LogP) is 5.48. The molecule has 170 valence electrons. The smallest absolute Gasteiger partial charge is 0.251 e. The molecule has 33 heavy (non-hydrogen) atoms. The highest BCUT2D eigenvalue weighted by Crippen LogP contribution is 2.36. The number of aliphatic hydroxyl groups is 1. The minimum atomic E-state index is -0.183. The number of hydrogen-bond acceptors (Lipinski definition) is 5. The van der Waals surface area contributed by atoms with E-state index in [0.29, 0.717) is 11.4 Å². The second kappa shape index (κ2) is 11.1. The average Bonchev–Trinajstić information content (AvgIpc) is 3.26. The zero-order chi connectivity index (χ0) is 23.2. The Kier molecular flexibility index (Phi) is 7.95. The Balaban J connectivity index is 1.57. The first-order chi connectivity index (χ1) is 16.1. The molecule has 2 aromatic carbocycles.